The molecule has 16 heavy (non-hydrogen) atoms. The lowest BCUT2D eigenvalue weighted by Crippen LogP contribution is -2.07. The van der Waals surface area contributed by atoms with Gasteiger partial charge < -0.3 is 10.2 Å². The monoisotopic (exact) mass is 271 g/mol. The van der Waals surface area contributed by atoms with Crippen LogP contribution in [0.1, 0.15) is 5.76 Å². The minimum absolute atomic E-state index is 0.212. The van der Waals surface area contributed by atoms with E-state index in [1.807, 2.05) is 6.07 Å². The van der Waals surface area contributed by atoms with E-state index < -0.39 is 0 Å². The van der Waals surface area contributed by atoms with Gasteiger partial charge in [-0.3, -0.25) is 0 Å². The zero-order valence-corrected chi connectivity index (χ0v) is 10.4. The lowest BCUT2D eigenvalue weighted by molar-refractivity contribution is 0.573. The van der Waals surface area contributed by atoms with E-state index in [0.717, 1.165) is 5.56 Å². The topological polar surface area (TPSA) is 39.2 Å². The highest BCUT2D eigenvalue weighted by Gasteiger charge is 2.11. The summed E-state index contributed by atoms with van der Waals surface area (Å²) in [5.74, 6) is 1.05. The van der Waals surface area contributed by atoms with E-state index in [1.54, 1.807) is 24.3 Å². The predicted octanol–water partition coefficient (Wildman–Crippen LogP) is 3.89. The first kappa shape index (κ1) is 11.5. The van der Waals surface area contributed by atoms with Gasteiger partial charge in [0.1, 0.15) is 10.7 Å². The Morgan fingerprint density at radius 3 is 2.56 bits per heavy atom. The van der Waals surface area contributed by atoms with Crippen LogP contribution in [0.3, 0.4) is 0 Å². The Balaban J connectivity index is 2.50. The van der Waals surface area contributed by atoms with Crippen molar-refractivity contribution in [3.63, 3.8) is 0 Å². The van der Waals surface area contributed by atoms with Crippen molar-refractivity contribution in [3.05, 3.63) is 46.1 Å². The Morgan fingerprint density at radius 1 is 1.19 bits per heavy atom. The van der Waals surface area contributed by atoms with E-state index in [9.17, 15) is 0 Å². The van der Waals surface area contributed by atoms with Crippen molar-refractivity contribution in [3.8, 4) is 11.3 Å². The SMILES string of the molecule is NC(=S)c1ccc(-c2cccc(Cl)c2Cl)o1. The highest BCUT2D eigenvalue weighted by Crippen LogP contribution is 2.34. The van der Waals surface area contributed by atoms with Crippen LogP contribution in [0.5, 0.6) is 0 Å². The molecule has 0 bridgehead atoms. The van der Waals surface area contributed by atoms with Gasteiger partial charge in [-0.05, 0) is 24.3 Å². The van der Waals surface area contributed by atoms with E-state index in [-0.39, 0.29) is 4.99 Å². The van der Waals surface area contributed by atoms with Crippen LogP contribution in [0.2, 0.25) is 10.0 Å². The first-order valence-electron chi connectivity index (χ1n) is 4.43. The lowest BCUT2D eigenvalue weighted by atomic mass is 10.2. The second-order valence-corrected chi connectivity index (χ2v) is 4.35. The summed E-state index contributed by atoms with van der Waals surface area (Å²) in [5.41, 5.74) is 6.17. The Labute approximate surface area is 108 Å². The van der Waals surface area contributed by atoms with Gasteiger partial charge in [0, 0.05) is 5.56 Å². The van der Waals surface area contributed by atoms with Crippen molar-refractivity contribution in [1.29, 1.82) is 0 Å². The molecular weight excluding hydrogens is 265 g/mol. The van der Waals surface area contributed by atoms with Gasteiger partial charge >= 0.3 is 0 Å². The van der Waals surface area contributed by atoms with Crippen molar-refractivity contribution in [2.24, 2.45) is 5.73 Å². The first-order chi connectivity index (χ1) is 7.59. The average Bonchev–Trinajstić information content (AvgIpc) is 2.71. The number of furan rings is 1. The zero-order chi connectivity index (χ0) is 11.7. The van der Waals surface area contributed by atoms with E-state index in [2.05, 4.69) is 0 Å². The maximum atomic E-state index is 6.06. The molecule has 82 valence electrons. The minimum atomic E-state index is 0.212. The second-order valence-electron chi connectivity index (χ2n) is 3.13. The molecule has 0 aliphatic heterocycles. The summed E-state index contributed by atoms with van der Waals surface area (Å²) in [6, 6.07) is 8.79. The van der Waals surface area contributed by atoms with Crippen LogP contribution in [0.25, 0.3) is 11.3 Å². The van der Waals surface area contributed by atoms with Crippen LogP contribution >= 0.6 is 35.4 Å². The molecule has 2 rings (SSSR count). The van der Waals surface area contributed by atoms with Crippen molar-refractivity contribution in [1.82, 2.24) is 0 Å². The number of hydrogen-bond donors (Lipinski definition) is 1. The molecule has 2 nitrogen and oxygen atoms in total. The van der Waals surface area contributed by atoms with E-state index in [4.69, 9.17) is 45.6 Å². The molecule has 0 spiro atoms. The number of halogens is 2. The van der Waals surface area contributed by atoms with Crippen LogP contribution in [0.4, 0.5) is 0 Å². The Bertz CT molecular complexity index is 551. The molecule has 1 heterocycles. The molecule has 0 aliphatic rings. The number of benzene rings is 1. The standard InChI is InChI=1S/C11H7Cl2NOS/c12-7-3-1-2-6(10(7)13)8-4-5-9(15-8)11(14)16/h1-5H,(H2,14,16). The van der Waals surface area contributed by atoms with Crippen LogP contribution in [-0.4, -0.2) is 4.99 Å². The summed E-state index contributed by atoms with van der Waals surface area (Å²) in [4.78, 5) is 0.212. The average molecular weight is 272 g/mol. The highest BCUT2D eigenvalue weighted by molar-refractivity contribution is 7.80. The molecule has 0 amide bonds. The number of hydrogen-bond acceptors (Lipinski definition) is 2. The zero-order valence-electron chi connectivity index (χ0n) is 8.04. The smallest absolute Gasteiger partial charge is 0.161 e. The molecule has 0 saturated carbocycles. The van der Waals surface area contributed by atoms with Crippen molar-refractivity contribution < 1.29 is 4.42 Å². The molecule has 0 atom stereocenters. The largest absolute Gasteiger partial charge is 0.454 e. The molecule has 5 heteroatoms. The molecule has 0 aliphatic carbocycles. The van der Waals surface area contributed by atoms with Crippen LogP contribution in [-0.2, 0) is 0 Å². The number of nitrogens with two attached hydrogens (primary N) is 1. The fourth-order valence-electron chi connectivity index (χ4n) is 1.31. The summed E-state index contributed by atoms with van der Waals surface area (Å²) < 4.78 is 5.46. The molecule has 0 radical (unpaired) electrons. The van der Waals surface area contributed by atoms with Crippen LogP contribution in [0, 0.1) is 0 Å². The van der Waals surface area contributed by atoms with Gasteiger partial charge in [0.2, 0.25) is 0 Å². The number of thiocarbonyl (C=S) groups is 1. The van der Waals surface area contributed by atoms with Gasteiger partial charge in [-0.25, -0.2) is 0 Å². The predicted molar refractivity (Wildman–Crippen MR) is 70.1 cm³/mol. The van der Waals surface area contributed by atoms with Gasteiger partial charge in [-0.15, -0.1) is 0 Å². The van der Waals surface area contributed by atoms with Gasteiger partial charge in [-0.1, -0.05) is 41.5 Å². The van der Waals surface area contributed by atoms with Gasteiger partial charge in [0.05, 0.1) is 10.0 Å². The quantitative estimate of drug-likeness (QED) is 0.843. The van der Waals surface area contributed by atoms with Crippen molar-refractivity contribution >= 4 is 40.4 Å². The maximum Gasteiger partial charge on any atom is 0.161 e. The maximum absolute atomic E-state index is 6.06. The Morgan fingerprint density at radius 2 is 1.94 bits per heavy atom. The minimum Gasteiger partial charge on any atom is -0.454 e. The van der Waals surface area contributed by atoms with Gasteiger partial charge in [0.15, 0.2) is 5.76 Å². The fourth-order valence-corrected chi connectivity index (χ4v) is 1.81. The molecule has 2 N–H and O–H groups in total. The fraction of sp³-hybridized carbons (Fsp3) is 0. The van der Waals surface area contributed by atoms with E-state index >= 15 is 0 Å². The molecule has 2 aromatic rings. The molecule has 1 aromatic heterocycles. The third kappa shape index (κ3) is 2.07. The van der Waals surface area contributed by atoms with Crippen molar-refractivity contribution in [2.75, 3.05) is 0 Å². The summed E-state index contributed by atoms with van der Waals surface area (Å²) in [6.45, 7) is 0. The molecule has 0 fully saturated rings. The Hall–Kier alpha value is -1.03. The van der Waals surface area contributed by atoms with Crippen LogP contribution in [0.15, 0.2) is 34.7 Å². The summed E-state index contributed by atoms with van der Waals surface area (Å²) in [6.07, 6.45) is 0. The van der Waals surface area contributed by atoms with Gasteiger partial charge in [0.25, 0.3) is 0 Å². The first-order valence-corrected chi connectivity index (χ1v) is 5.60. The van der Waals surface area contributed by atoms with Crippen LogP contribution < -0.4 is 5.73 Å². The number of rotatable bonds is 2. The lowest BCUT2D eigenvalue weighted by Gasteiger charge is -2.02. The second kappa shape index (κ2) is 4.45. The summed E-state index contributed by atoms with van der Waals surface area (Å²) >= 11 is 16.8. The highest BCUT2D eigenvalue weighted by atomic mass is 35.5. The molecular formula is C11H7Cl2NOS. The molecule has 1 aromatic carbocycles. The van der Waals surface area contributed by atoms with E-state index in [1.165, 1.54) is 0 Å². The molecule has 0 saturated heterocycles. The van der Waals surface area contributed by atoms with Crippen molar-refractivity contribution in [2.45, 2.75) is 0 Å². The Kier molecular flexibility index (Phi) is 3.19. The summed E-state index contributed by atoms with van der Waals surface area (Å²) in [5, 5.41) is 0.931. The third-order valence-electron chi connectivity index (χ3n) is 2.07. The summed E-state index contributed by atoms with van der Waals surface area (Å²) in [7, 11) is 0. The van der Waals surface area contributed by atoms with Gasteiger partial charge in [-0.2, -0.15) is 0 Å². The normalized spacial score (nSPS) is 10.4. The van der Waals surface area contributed by atoms with E-state index in [0.29, 0.717) is 21.6 Å². The third-order valence-corrected chi connectivity index (χ3v) is 3.09. The molecule has 0 unspecified atom stereocenters.